The number of hydrogen-bond donors (Lipinski definition) is 2. The smallest absolute Gasteiger partial charge is 0.419 e. The third-order valence-electron chi connectivity index (χ3n) is 4.01. The highest BCUT2D eigenvalue weighted by molar-refractivity contribution is 5.50. The van der Waals surface area contributed by atoms with Gasteiger partial charge in [-0.25, -0.2) is 0 Å². The molecule has 0 saturated heterocycles. The van der Waals surface area contributed by atoms with Crippen molar-refractivity contribution in [2.75, 3.05) is 7.11 Å². The number of methoxy groups -OCH3 is 1. The van der Waals surface area contributed by atoms with E-state index in [1.165, 1.54) is 13.2 Å². The minimum atomic E-state index is -4.79. The third kappa shape index (κ3) is 1.98. The highest BCUT2D eigenvalue weighted by Gasteiger charge is 2.63. The van der Waals surface area contributed by atoms with Gasteiger partial charge in [-0.2, -0.15) is 13.2 Å². The zero-order valence-corrected chi connectivity index (χ0v) is 11.6. The number of alkyl halides is 3. The SMILES string of the molecule is COc1cccc2c1C(C)(C)C[C@](O)(C(F)(F)F)[C@H]2N. The molecule has 0 fully saturated rings. The van der Waals surface area contributed by atoms with Gasteiger partial charge in [0.1, 0.15) is 5.75 Å². The molecule has 0 bridgehead atoms. The van der Waals surface area contributed by atoms with Crippen molar-refractivity contribution < 1.29 is 23.0 Å². The van der Waals surface area contributed by atoms with Crippen LogP contribution in [0.2, 0.25) is 0 Å². The molecule has 2 atom stereocenters. The van der Waals surface area contributed by atoms with Crippen molar-refractivity contribution in [3.63, 3.8) is 0 Å². The summed E-state index contributed by atoms with van der Waals surface area (Å²) in [5.41, 5.74) is 2.80. The van der Waals surface area contributed by atoms with Crippen LogP contribution in [0, 0.1) is 0 Å². The van der Waals surface area contributed by atoms with Crippen molar-refractivity contribution in [2.24, 2.45) is 5.73 Å². The van der Waals surface area contributed by atoms with Crippen LogP contribution in [-0.2, 0) is 5.41 Å². The summed E-state index contributed by atoms with van der Waals surface area (Å²) in [5.74, 6) is 0.493. The molecule has 6 heteroatoms. The van der Waals surface area contributed by atoms with Gasteiger partial charge < -0.3 is 15.6 Å². The Morgan fingerprint density at radius 1 is 1.35 bits per heavy atom. The minimum Gasteiger partial charge on any atom is -0.496 e. The van der Waals surface area contributed by atoms with Gasteiger partial charge in [0, 0.05) is 5.56 Å². The van der Waals surface area contributed by atoms with Crippen LogP contribution < -0.4 is 10.5 Å². The van der Waals surface area contributed by atoms with E-state index in [0.717, 1.165) is 0 Å². The van der Waals surface area contributed by atoms with Crippen molar-refractivity contribution in [1.82, 2.24) is 0 Å². The topological polar surface area (TPSA) is 55.5 Å². The van der Waals surface area contributed by atoms with Crippen molar-refractivity contribution in [2.45, 2.75) is 43.5 Å². The predicted molar refractivity (Wildman–Crippen MR) is 68.6 cm³/mol. The lowest BCUT2D eigenvalue weighted by Gasteiger charge is -2.47. The second-order valence-electron chi connectivity index (χ2n) is 5.88. The molecular weight excluding hydrogens is 271 g/mol. The Labute approximate surface area is 115 Å². The summed E-state index contributed by atoms with van der Waals surface area (Å²) >= 11 is 0. The zero-order chi connectivity index (χ0) is 15.3. The molecule has 0 saturated carbocycles. The number of fused-ring (bicyclic) bond motifs is 1. The van der Waals surface area contributed by atoms with E-state index in [9.17, 15) is 18.3 Å². The molecule has 0 amide bonds. The highest BCUT2D eigenvalue weighted by Crippen LogP contribution is 2.54. The summed E-state index contributed by atoms with van der Waals surface area (Å²) in [4.78, 5) is 0. The van der Waals surface area contributed by atoms with Gasteiger partial charge in [-0.1, -0.05) is 26.0 Å². The van der Waals surface area contributed by atoms with Crippen molar-refractivity contribution >= 4 is 0 Å². The lowest BCUT2D eigenvalue weighted by molar-refractivity contribution is -0.278. The first-order valence-corrected chi connectivity index (χ1v) is 6.26. The van der Waals surface area contributed by atoms with Crippen LogP contribution in [0.3, 0.4) is 0 Å². The van der Waals surface area contributed by atoms with E-state index >= 15 is 0 Å². The number of aliphatic hydroxyl groups is 1. The van der Waals surface area contributed by atoms with E-state index in [0.29, 0.717) is 11.3 Å². The minimum absolute atomic E-state index is 0.278. The Morgan fingerprint density at radius 2 is 1.95 bits per heavy atom. The number of halogens is 3. The Morgan fingerprint density at radius 3 is 2.45 bits per heavy atom. The molecule has 1 aromatic carbocycles. The maximum Gasteiger partial charge on any atom is 0.419 e. The molecule has 0 unspecified atom stereocenters. The van der Waals surface area contributed by atoms with Crippen LogP contribution in [0.5, 0.6) is 5.75 Å². The van der Waals surface area contributed by atoms with Crippen LogP contribution in [0.25, 0.3) is 0 Å². The second-order valence-corrected chi connectivity index (χ2v) is 5.88. The zero-order valence-electron chi connectivity index (χ0n) is 11.6. The molecule has 1 aliphatic carbocycles. The Kier molecular flexibility index (Phi) is 3.30. The van der Waals surface area contributed by atoms with Crippen molar-refractivity contribution in [3.8, 4) is 5.75 Å². The standard InChI is InChI=1S/C14H18F3NO2/c1-12(2)7-13(19,14(15,16)17)11(18)8-5-4-6-9(20-3)10(8)12/h4-6,11,19H,7,18H2,1-3H3/t11-,13+/m0/s1. The number of nitrogens with two attached hydrogens (primary N) is 1. The molecule has 0 spiro atoms. The molecular formula is C14H18F3NO2. The molecule has 112 valence electrons. The first kappa shape index (κ1) is 15.1. The highest BCUT2D eigenvalue weighted by atomic mass is 19.4. The van der Waals surface area contributed by atoms with E-state index in [1.807, 2.05) is 0 Å². The van der Waals surface area contributed by atoms with Crippen LogP contribution in [0.1, 0.15) is 37.4 Å². The molecule has 3 N–H and O–H groups in total. The monoisotopic (exact) mass is 289 g/mol. The summed E-state index contributed by atoms with van der Waals surface area (Å²) in [6.45, 7) is 3.30. The number of benzene rings is 1. The summed E-state index contributed by atoms with van der Waals surface area (Å²) in [6, 6.07) is 3.25. The van der Waals surface area contributed by atoms with E-state index < -0.39 is 29.7 Å². The fourth-order valence-corrected chi connectivity index (χ4v) is 3.11. The van der Waals surface area contributed by atoms with Crippen LogP contribution in [0.15, 0.2) is 18.2 Å². The number of ether oxygens (including phenoxy) is 1. The van der Waals surface area contributed by atoms with E-state index in [-0.39, 0.29) is 5.56 Å². The number of hydrogen-bond acceptors (Lipinski definition) is 3. The maximum atomic E-state index is 13.2. The van der Waals surface area contributed by atoms with Crippen LogP contribution >= 0.6 is 0 Å². The Hall–Kier alpha value is -1.27. The van der Waals surface area contributed by atoms with Gasteiger partial charge in [-0.15, -0.1) is 0 Å². The normalized spacial score (nSPS) is 28.9. The van der Waals surface area contributed by atoms with Gasteiger partial charge in [0.25, 0.3) is 0 Å². The molecule has 2 rings (SSSR count). The first-order valence-electron chi connectivity index (χ1n) is 6.26. The van der Waals surface area contributed by atoms with E-state index in [4.69, 9.17) is 10.5 Å². The lowest BCUT2D eigenvalue weighted by Crippen LogP contribution is -2.59. The molecule has 0 heterocycles. The quantitative estimate of drug-likeness (QED) is 0.835. The number of rotatable bonds is 1. The third-order valence-corrected chi connectivity index (χ3v) is 4.01. The van der Waals surface area contributed by atoms with Gasteiger partial charge >= 0.3 is 6.18 Å². The lowest BCUT2D eigenvalue weighted by atomic mass is 9.63. The first-order chi connectivity index (χ1) is 9.04. The summed E-state index contributed by atoms with van der Waals surface area (Å²) in [5, 5.41) is 10.1. The fraction of sp³-hybridized carbons (Fsp3) is 0.571. The molecule has 20 heavy (non-hydrogen) atoms. The molecule has 3 nitrogen and oxygen atoms in total. The summed E-state index contributed by atoms with van der Waals surface area (Å²) < 4.78 is 44.9. The van der Waals surface area contributed by atoms with E-state index in [2.05, 4.69) is 0 Å². The summed E-state index contributed by atoms with van der Waals surface area (Å²) in [7, 11) is 1.46. The van der Waals surface area contributed by atoms with Crippen molar-refractivity contribution in [3.05, 3.63) is 29.3 Å². The van der Waals surface area contributed by atoms with Gasteiger partial charge in [0.05, 0.1) is 13.2 Å². The predicted octanol–water partition coefficient (Wildman–Crippen LogP) is 2.67. The van der Waals surface area contributed by atoms with Gasteiger partial charge in [-0.3, -0.25) is 0 Å². The van der Waals surface area contributed by atoms with Gasteiger partial charge in [0.15, 0.2) is 5.60 Å². The Balaban J connectivity index is 2.69. The van der Waals surface area contributed by atoms with Gasteiger partial charge in [-0.05, 0) is 23.5 Å². The molecule has 0 aromatic heterocycles. The van der Waals surface area contributed by atoms with Crippen molar-refractivity contribution in [1.29, 1.82) is 0 Å². The van der Waals surface area contributed by atoms with Crippen LogP contribution in [-0.4, -0.2) is 24.0 Å². The largest absolute Gasteiger partial charge is 0.496 e. The molecule has 1 aliphatic rings. The average molecular weight is 289 g/mol. The molecule has 1 aromatic rings. The van der Waals surface area contributed by atoms with Gasteiger partial charge in [0.2, 0.25) is 0 Å². The Bertz CT molecular complexity index is 528. The summed E-state index contributed by atoms with van der Waals surface area (Å²) in [6.07, 6.45) is -5.29. The molecule has 0 aliphatic heterocycles. The van der Waals surface area contributed by atoms with Crippen LogP contribution in [0.4, 0.5) is 13.2 Å². The average Bonchev–Trinajstić information content (AvgIpc) is 2.33. The van der Waals surface area contributed by atoms with E-state index in [1.54, 1.807) is 26.0 Å². The fourth-order valence-electron chi connectivity index (χ4n) is 3.11. The maximum absolute atomic E-state index is 13.2. The second kappa shape index (κ2) is 4.36. The molecule has 0 radical (unpaired) electrons.